The third-order valence-corrected chi connectivity index (χ3v) is 5.49. The van der Waals surface area contributed by atoms with E-state index in [2.05, 4.69) is 58.2 Å². The van der Waals surface area contributed by atoms with Crippen LogP contribution < -0.4 is 10.2 Å². The number of nitrogens with one attached hydrogen (secondary N) is 1. The van der Waals surface area contributed by atoms with Gasteiger partial charge in [-0.3, -0.25) is 4.99 Å². The molecule has 0 bridgehead atoms. The summed E-state index contributed by atoms with van der Waals surface area (Å²) < 4.78 is 11.8. The van der Waals surface area contributed by atoms with Gasteiger partial charge in [0.2, 0.25) is 0 Å². The summed E-state index contributed by atoms with van der Waals surface area (Å²) in [6.45, 7) is 10.5. The minimum atomic E-state index is 0.152. The molecule has 3 rings (SSSR count). The fourth-order valence-electron chi connectivity index (χ4n) is 3.99. The van der Waals surface area contributed by atoms with E-state index < -0.39 is 0 Å². The minimum absolute atomic E-state index is 0.152. The third-order valence-electron chi connectivity index (χ3n) is 5.49. The molecule has 2 aliphatic heterocycles. The van der Waals surface area contributed by atoms with Crippen molar-refractivity contribution in [2.75, 3.05) is 57.9 Å². The highest BCUT2D eigenvalue weighted by Crippen LogP contribution is 2.21. The summed E-state index contributed by atoms with van der Waals surface area (Å²) in [6.07, 6.45) is 2.64. The summed E-state index contributed by atoms with van der Waals surface area (Å²) in [5.41, 5.74) is 2.62. The summed E-state index contributed by atoms with van der Waals surface area (Å²) in [6, 6.07) is 8.57. The number of aryl methyl sites for hydroxylation is 1. The van der Waals surface area contributed by atoms with Crippen molar-refractivity contribution >= 4 is 11.6 Å². The van der Waals surface area contributed by atoms with Crippen LogP contribution in [-0.2, 0) is 9.47 Å². The van der Waals surface area contributed by atoms with E-state index in [1.54, 1.807) is 0 Å². The van der Waals surface area contributed by atoms with Gasteiger partial charge in [-0.2, -0.15) is 0 Å². The van der Waals surface area contributed by atoms with Crippen molar-refractivity contribution in [3.05, 3.63) is 29.8 Å². The maximum absolute atomic E-state index is 5.96. The quantitative estimate of drug-likeness (QED) is 0.612. The van der Waals surface area contributed by atoms with E-state index in [0.29, 0.717) is 0 Å². The summed E-state index contributed by atoms with van der Waals surface area (Å²) in [5.74, 6) is 0.960. The molecule has 0 aromatic heterocycles. The van der Waals surface area contributed by atoms with Crippen LogP contribution in [0.1, 0.15) is 25.3 Å². The number of likely N-dealkylation sites (N-methyl/N-ethyl adjacent to an activating group) is 1. The molecule has 0 radical (unpaired) electrons. The number of benzene rings is 1. The molecule has 2 heterocycles. The first-order valence-corrected chi connectivity index (χ1v) is 10.2. The summed E-state index contributed by atoms with van der Waals surface area (Å²) in [5, 5.41) is 3.54. The van der Waals surface area contributed by atoms with Crippen LogP contribution in [0, 0.1) is 6.92 Å². The van der Waals surface area contributed by atoms with Crippen LogP contribution >= 0.6 is 0 Å². The van der Waals surface area contributed by atoms with E-state index in [9.17, 15) is 0 Å². The Labute approximate surface area is 163 Å². The van der Waals surface area contributed by atoms with E-state index in [-0.39, 0.29) is 12.2 Å². The van der Waals surface area contributed by atoms with Crippen molar-refractivity contribution in [1.82, 2.24) is 10.2 Å². The molecule has 6 heteroatoms. The predicted octanol–water partition coefficient (Wildman–Crippen LogP) is 2.28. The average Bonchev–Trinajstić information content (AvgIpc) is 3.24. The Bertz CT molecular complexity index is 616. The monoisotopic (exact) mass is 374 g/mol. The van der Waals surface area contributed by atoms with Gasteiger partial charge >= 0.3 is 0 Å². The fourth-order valence-corrected chi connectivity index (χ4v) is 3.99. The van der Waals surface area contributed by atoms with Gasteiger partial charge in [0.25, 0.3) is 0 Å². The van der Waals surface area contributed by atoms with Crippen molar-refractivity contribution < 1.29 is 9.47 Å². The van der Waals surface area contributed by atoms with E-state index in [4.69, 9.17) is 9.47 Å². The van der Waals surface area contributed by atoms with Crippen molar-refractivity contribution in [3.63, 3.8) is 0 Å². The molecule has 27 heavy (non-hydrogen) atoms. The van der Waals surface area contributed by atoms with Gasteiger partial charge < -0.3 is 24.6 Å². The lowest BCUT2D eigenvalue weighted by Crippen LogP contribution is -2.54. The zero-order valence-electron chi connectivity index (χ0n) is 17.0. The summed E-state index contributed by atoms with van der Waals surface area (Å²) in [7, 11) is 1.86. The molecular weight excluding hydrogens is 340 g/mol. The van der Waals surface area contributed by atoms with Gasteiger partial charge in [0.15, 0.2) is 5.96 Å². The Hall–Kier alpha value is -1.79. The van der Waals surface area contributed by atoms with Crippen LogP contribution in [0.2, 0.25) is 0 Å². The topological polar surface area (TPSA) is 49.3 Å². The highest BCUT2D eigenvalue weighted by molar-refractivity contribution is 5.80. The van der Waals surface area contributed by atoms with Crippen molar-refractivity contribution in [1.29, 1.82) is 0 Å². The number of morpholine rings is 1. The highest BCUT2D eigenvalue weighted by atomic mass is 16.5. The Morgan fingerprint density at radius 1 is 1.26 bits per heavy atom. The van der Waals surface area contributed by atoms with Gasteiger partial charge in [0.1, 0.15) is 6.10 Å². The molecule has 0 amide bonds. The number of hydrogen-bond donors (Lipinski definition) is 1. The molecule has 0 spiro atoms. The van der Waals surface area contributed by atoms with Gasteiger partial charge in [-0.25, -0.2) is 0 Å². The van der Waals surface area contributed by atoms with Crippen LogP contribution in [0.3, 0.4) is 0 Å². The van der Waals surface area contributed by atoms with Crippen LogP contribution in [0.4, 0.5) is 5.69 Å². The van der Waals surface area contributed by atoms with Crippen LogP contribution in [-0.4, -0.2) is 76.1 Å². The Kier molecular flexibility index (Phi) is 7.35. The molecular formula is C21H34N4O2. The number of aliphatic imine (C=N–C) groups is 1. The first-order valence-electron chi connectivity index (χ1n) is 10.2. The van der Waals surface area contributed by atoms with E-state index in [0.717, 1.165) is 64.7 Å². The number of ether oxygens (including phenoxy) is 2. The van der Waals surface area contributed by atoms with Gasteiger partial charge in [-0.15, -0.1) is 0 Å². The normalized spacial score (nSPS) is 23.5. The first-order chi connectivity index (χ1) is 13.2. The standard InChI is InChI=1S/C21H34N4O2/c1-4-24(18-9-6-5-8-17(18)2)12-11-23-21(22-3)25-13-15-27-20(16-25)19-10-7-14-26-19/h5-6,8-9,19-20H,4,7,10-16H2,1-3H3,(H,22,23). The van der Waals surface area contributed by atoms with E-state index in [1.165, 1.54) is 11.3 Å². The second-order valence-electron chi connectivity index (χ2n) is 7.25. The summed E-state index contributed by atoms with van der Waals surface area (Å²) in [4.78, 5) is 9.21. The molecule has 2 aliphatic rings. The molecule has 2 unspecified atom stereocenters. The average molecular weight is 375 g/mol. The maximum Gasteiger partial charge on any atom is 0.193 e. The molecule has 2 fully saturated rings. The molecule has 2 saturated heterocycles. The third kappa shape index (κ3) is 5.14. The minimum Gasteiger partial charge on any atom is -0.375 e. The molecule has 0 saturated carbocycles. The molecule has 1 N–H and O–H groups in total. The number of nitrogens with zero attached hydrogens (tertiary/aromatic N) is 3. The zero-order valence-corrected chi connectivity index (χ0v) is 17.0. The maximum atomic E-state index is 5.96. The Morgan fingerprint density at radius 3 is 2.78 bits per heavy atom. The predicted molar refractivity (Wildman–Crippen MR) is 111 cm³/mol. The first kappa shape index (κ1) is 20.0. The van der Waals surface area contributed by atoms with Crippen molar-refractivity contribution in [2.24, 2.45) is 4.99 Å². The highest BCUT2D eigenvalue weighted by Gasteiger charge is 2.32. The summed E-state index contributed by atoms with van der Waals surface area (Å²) >= 11 is 0. The van der Waals surface area contributed by atoms with Gasteiger partial charge in [0.05, 0.1) is 12.7 Å². The van der Waals surface area contributed by atoms with E-state index >= 15 is 0 Å². The number of anilines is 1. The lowest BCUT2D eigenvalue weighted by Gasteiger charge is -2.37. The number of hydrogen-bond acceptors (Lipinski definition) is 4. The van der Waals surface area contributed by atoms with Crippen LogP contribution in [0.5, 0.6) is 0 Å². The molecule has 0 aliphatic carbocycles. The van der Waals surface area contributed by atoms with Gasteiger partial charge in [-0.05, 0) is 38.3 Å². The molecule has 6 nitrogen and oxygen atoms in total. The largest absolute Gasteiger partial charge is 0.375 e. The second-order valence-corrected chi connectivity index (χ2v) is 7.25. The number of para-hydroxylation sites is 1. The lowest BCUT2D eigenvalue weighted by molar-refractivity contribution is -0.0816. The van der Waals surface area contributed by atoms with Crippen LogP contribution in [0.25, 0.3) is 0 Å². The fraction of sp³-hybridized carbons (Fsp3) is 0.667. The zero-order chi connectivity index (χ0) is 19.1. The molecule has 2 atom stereocenters. The molecule has 1 aromatic carbocycles. The molecule has 150 valence electrons. The Morgan fingerprint density at radius 2 is 2.07 bits per heavy atom. The Balaban J connectivity index is 1.51. The van der Waals surface area contributed by atoms with Gasteiger partial charge in [-0.1, -0.05) is 18.2 Å². The number of rotatable bonds is 6. The van der Waals surface area contributed by atoms with E-state index in [1.807, 2.05) is 7.05 Å². The van der Waals surface area contributed by atoms with Gasteiger partial charge in [0, 0.05) is 52.1 Å². The smallest absolute Gasteiger partial charge is 0.193 e. The number of guanidine groups is 1. The lowest BCUT2D eigenvalue weighted by atomic mass is 10.1. The van der Waals surface area contributed by atoms with Crippen molar-refractivity contribution in [2.45, 2.75) is 38.9 Å². The van der Waals surface area contributed by atoms with Crippen molar-refractivity contribution in [3.8, 4) is 0 Å². The van der Waals surface area contributed by atoms with Crippen LogP contribution in [0.15, 0.2) is 29.3 Å². The molecule has 1 aromatic rings. The SMILES string of the molecule is CCN(CCNC(=NC)N1CCOC(C2CCCO2)C1)c1ccccc1C. The second kappa shape index (κ2) is 9.95.